The van der Waals surface area contributed by atoms with Crippen molar-refractivity contribution in [2.24, 2.45) is 0 Å². The predicted molar refractivity (Wildman–Crippen MR) is 101 cm³/mol. The van der Waals surface area contributed by atoms with Gasteiger partial charge in [0.2, 0.25) is 12.4 Å². The second-order valence-electron chi connectivity index (χ2n) is 7.39. The zero-order valence-corrected chi connectivity index (χ0v) is 18.2. The maximum Gasteiger partial charge on any atom is 0.305 e. The molecule has 0 spiro atoms. The Kier molecular flexibility index (Phi) is 8.34. The van der Waals surface area contributed by atoms with Crippen LogP contribution in [-0.4, -0.2) is 104 Å². The van der Waals surface area contributed by atoms with Crippen LogP contribution in [0.4, 0.5) is 0 Å². The molecule has 0 aliphatic carbocycles. The van der Waals surface area contributed by atoms with Crippen molar-refractivity contribution in [2.75, 3.05) is 33.2 Å². The van der Waals surface area contributed by atoms with E-state index in [4.69, 9.17) is 23.7 Å². The number of nitrogens with zero attached hydrogens (tertiary/aromatic N) is 2. The summed E-state index contributed by atoms with van der Waals surface area (Å²) in [6.07, 6.45) is -7.33. The first-order valence-electron chi connectivity index (χ1n) is 9.81. The molecule has 0 aromatic carbocycles. The molecule has 0 aromatic rings. The molecule has 0 aromatic heterocycles. The first kappa shape index (κ1) is 24.5. The molecule has 0 saturated carbocycles. The number of likely N-dealkylation sites (N-methyl/N-ethyl adjacent to an activating group) is 1. The van der Waals surface area contributed by atoms with E-state index in [-0.39, 0.29) is 0 Å². The Morgan fingerprint density at radius 3 is 1.61 bits per heavy atom. The highest BCUT2D eigenvalue weighted by atomic mass is 16.7. The molecule has 0 N–H and O–H groups in total. The van der Waals surface area contributed by atoms with Crippen molar-refractivity contribution >= 4 is 29.8 Å². The normalized spacial score (nSPS) is 28.9. The number of carbonyl (C=O) groups excluding carboxylic acids is 5. The number of piperazine rings is 1. The summed E-state index contributed by atoms with van der Waals surface area (Å²) in [5, 5.41) is 0. The highest BCUT2D eigenvalue weighted by Crippen LogP contribution is 2.31. The van der Waals surface area contributed by atoms with Gasteiger partial charge in [-0.3, -0.25) is 24.0 Å². The summed E-state index contributed by atoms with van der Waals surface area (Å²) >= 11 is 0. The fraction of sp³-hybridized carbons (Fsp3) is 0.737. The van der Waals surface area contributed by atoms with E-state index >= 15 is 0 Å². The molecule has 0 bridgehead atoms. The maximum atomic E-state index is 13.2. The molecule has 2 fully saturated rings. The van der Waals surface area contributed by atoms with Crippen molar-refractivity contribution in [3.8, 4) is 0 Å². The minimum Gasteiger partial charge on any atom is -0.455 e. The highest BCUT2D eigenvalue weighted by molar-refractivity contribution is 5.83. The number of hydrogen-bond acceptors (Lipinski definition) is 11. The minimum atomic E-state index is -1.56. The zero-order chi connectivity index (χ0) is 23.3. The van der Waals surface area contributed by atoms with Gasteiger partial charge in [0.05, 0.1) is 0 Å². The predicted octanol–water partition coefficient (Wildman–Crippen LogP) is -1.16. The van der Waals surface area contributed by atoms with Gasteiger partial charge in [0.15, 0.2) is 18.3 Å². The van der Waals surface area contributed by atoms with Crippen LogP contribution in [0.2, 0.25) is 0 Å². The SMILES string of the molecule is CC(=O)O[C@@H]1O[C@H](C(=O)N2CCN(C)CC2)[C@@H](OC(C)=O)[C@H](OC(C)=O)[C@H]1OC(C)=O. The highest BCUT2D eigenvalue weighted by Gasteiger charge is 2.56. The quantitative estimate of drug-likeness (QED) is 0.375. The first-order valence-corrected chi connectivity index (χ1v) is 9.81. The molecule has 2 rings (SSSR count). The Hall–Kier alpha value is -2.73. The van der Waals surface area contributed by atoms with Gasteiger partial charge in [0, 0.05) is 53.9 Å². The summed E-state index contributed by atoms with van der Waals surface area (Å²) in [5.74, 6) is -3.65. The number of rotatable bonds is 5. The van der Waals surface area contributed by atoms with Crippen molar-refractivity contribution in [3.63, 3.8) is 0 Å². The molecule has 12 nitrogen and oxygen atoms in total. The summed E-state index contributed by atoms with van der Waals surface area (Å²) < 4.78 is 26.5. The molecule has 12 heteroatoms. The lowest BCUT2D eigenvalue weighted by Crippen LogP contribution is -2.66. The van der Waals surface area contributed by atoms with E-state index in [1.807, 2.05) is 11.9 Å². The minimum absolute atomic E-state index is 0.395. The molecular formula is C19H28N2O10. The maximum absolute atomic E-state index is 13.2. The second-order valence-corrected chi connectivity index (χ2v) is 7.39. The van der Waals surface area contributed by atoms with Crippen LogP contribution in [0.15, 0.2) is 0 Å². The molecule has 1 amide bonds. The Labute approximate surface area is 179 Å². The van der Waals surface area contributed by atoms with E-state index in [0.29, 0.717) is 26.2 Å². The van der Waals surface area contributed by atoms with Crippen molar-refractivity contribution in [1.82, 2.24) is 9.80 Å². The molecule has 2 heterocycles. The Balaban J connectivity index is 2.43. The van der Waals surface area contributed by atoms with Crippen LogP contribution < -0.4 is 0 Å². The Morgan fingerprint density at radius 2 is 1.13 bits per heavy atom. The number of hydrogen-bond donors (Lipinski definition) is 0. The van der Waals surface area contributed by atoms with Crippen molar-refractivity contribution < 1.29 is 47.7 Å². The van der Waals surface area contributed by atoms with Crippen molar-refractivity contribution in [3.05, 3.63) is 0 Å². The van der Waals surface area contributed by atoms with Gasteiger partial charge < -0.3 is 33.5 Å². The van der Waals surface area contributed by atoms with E-state index < -0.39 is 60.5 Å². The molecule has 174 valence electrons. The largest absolute Gasteiger partial charge is 0.455 e. The third kappa shape index (κ3) is 6.62. The van der Waals surface area contributed by atoms with Crippen LogP contribution in [0.25, 0.3) is 0 Å². The van der Waals surface area contributed by atoms with Crippen LogP contribution in [0.3, 0.4) is 0 Å². The molecule has 31 heavy (non-hydrogen) atoms. The van der Waals surface area contributed by atoms with Crippen LogP contribution in [0, 0.1) is 0 Å². The van der Waals surface area contributed by atoms with Gasteiger partial charge >= 0.3 is 23.9 Å². The van der Waals surface area contributed by atoms with Crippen LogP contribution >= 0.6 is 0 Å². The summed E-state index contributed by atoms with van der Waals surface area (Å²) in [6, 6.07) is 0. The average molecular weight is 444 g/mol. The number of amides is 1. The van der Waals surface area contributed by atoms with E-state index in [2.05, 4.69) is 0 Å². The van der Waals surface area contributed by atoms with Gasteiger partial charge in [-0.1, -0.05) is 0 Å². The van der Waals surface area contributed by atoms with Gasteiger partial charge in [-0.25, -0.2) is 0 Å². The number of esters is 4. The van der Waals surface area contributed by atoms with Crippen LogP contribution in [-0.2, 0) is 47.7 Å². The summed E-state index contributed by atoms with van der Waals surface area (Å²) in [4.78, 5) is 63.6. The third-order valence-electron chi connectivity index (χ3n) is 4.74. The standard InChI is InChI=1S/C19H28N2O10/c1-10(22)27-14-15(28-11(2)23)17(29-12(3)24)19(30-13(4)25)31-16(14)18(26)21-8-6-20(5)7-9-21/h14-17,19H,6-9H2,1-5H3/t14-,15-,16-,17+,19+/m0/s1. The van der Waals surface area contributed by atoms with Crippen LogP contribution in [0.5, 0.6) is 0 Å². The van der Waals surface area contributed by atoms with Gasteiger partial charge in [-0.15, -0.1) is 0 Å². The Morgan fingerprint density at radius 1 is 0.677 bits per heavy atom. The molecule has 0 unspecified atom stereocenters. The molecular weight excluding hydrogens is 416 g/mol. The molecule has 0 radical (unpaired) electrons. The van der Waals surface area contributed by atoms with E-state index in [1.54, 1.807) is 0 Å². The van der Waals surface area contributed by atoms with E-state index in [9.17, 15) is 24.0 Å². The average Bonchev–Trinajstić information content (AvgIpc) is 2.64. The van der Waals surface area contributed by atoms with Crippen molar-refractivity contribution in [1.29, 1.82) is 0 Å². The second kappa shape index (κ2) is 10.5. The summed E-state index contributed by atoms with van der Waals surface area (Å²) in [7, 11) is 1.91. The number of carbonyl (C=O) groups is 5. The fourth-order valence-corrected chi connectivity index (χ4v) is 3.44. The summed E-state index contributed by atoms with van der Waals surface area (Å²) in [5.41, 5.74) is 0. The van der Waals surface area contributed by atoms with Gasteiger partial charge in [-0.2, -0.15) is 0 Å². The van der Waals surface area contributed by atoms with Gasteiger partial charge in [-0.05, 0) is 7.05 Å². The first-order chi connectivity index (χ1) is 14.5. The number of ether oxygens (including phenoxy) is 5. The van der Waals surface area contributed by atoms with Gasteiger partial charge in [0.25, 0.3) is 5.91 Å². The zero-order valence-electron chi connectivity index (χ0n) is 18.2. The van der Waals surface area contributed by atoms with Gasteiger partial charge in [0.1, 0.15) is 0 Å². The molecule has 2 aliphatic rings. The lowest BCUT2D eigenvalue weighted by Gasteiger charge is -2.44. The smallest absolute Gasteiger partial charge is 0.305 e. The molecule has 5 atom stereocenters. The third-order valence-corrected chi connectivity index (χ3v) is 4.74. The molecule has 2 saturated heterocycles. The van der Waals surface area contributed by atoms with E-state index in [0.717, 1.165) is 27.7 Å². The lowest BCUT2D eigenvalue weighted by atomic mass is 9.96. The fourth-order valence-electron chi connectivity index (χ4n) is 3.44. The van der Waals surface area contributed by atoms with E-state index in [1.165, 1.54) is 4.90 Å². The van der Waals surface area contributed by atoms with Crippen LogP contribution in [0.1, 0.15) is 27.7 Å². The monoisotopic (exact) mass is 444 g/mol. The Bertz CT molecular complexity index is 718. The topological polar surface area (TPSA) is 138 Å². The van der Waals surface area contributed by atoms with Crippen molar-refractivity contribution in [2.45, 2.75) is 58.4 Å². The lowest BCUT2D eigenvalue weighted by molar-refractivity contribution is -0.292. The summed E-state index contributed by atoms with van der Waals surface area (Å²) in [6.45, 7) is 6.44. The molecule has 2 aliphatic heterocycles.